The van der Waals surface area contributed by atoms with E-state index < -0.39 is 22.1 Å². The molecular formula is C20H20F3N5O2S. The zero-order valence-corrected chi connectivity index (χ0v) is 17.4. The van der Waals surface area contributed by atoms with Crippen molar-refractivity contribution in [3.63, 3.8) is 0 Å². The van der Waals surface area contributed by atoms with E-state index in [-0.39, 0.29) is 29.5 Å². The van der Waals surface area contributed by atoms with Crippen LogP contribution in [0.15, 0.2) is 47.6 Å². The molecule has 0 aliphatic carbocycles. The molecule has 0 saturated carbocycles. The SMILES string of the molecule is Cc1c(S(=O)(=O)N2CCC3(CC2)Nc2cc(F)ccc2-n2cccc23)cnn1C(F)F. The number of piperidine rings is 1. The van der Waals surface area contributed by atoms with E-state index in [1.54, 1.807) is 6.07 Å². The van der Waals surface area contributed by atoms with Crippen molar-refractivity contribution in [2.45, 2.75) is 36.7 Å². The number of benzene rings is 1. The van der Waals surface area contributed by atoms with Crippen LogP contribution in [0.25, 0.3) is 5.69 Å². The number of anilines is 1. The number of hydrogen-bond donors (Lipinski definition) is 1. The van der Waals surface area contributed by atoms with Gasteiger partial charge in [-0.15, -0.1) is 0 Å². The molecule has 0 amide bonds. The number of rotatable bonds is 3. The van der Waals surface area contributed by atoms with E-state index in [2.05, 4.69) is 10.4 Å². The lowest BCUT2D eigenvalue weighted by Crippen LogP contribution is -2.51. The molecule has 2 aliphatic rings. The quantitative estimate of drug-likeness (QED) is 0.660. The number of nitrogens with one attached hydrogen (secondary N) is 1. The number of hydrogen-bond acceptors (Lipinski definition) is 4. The average Bonchev–Trinajstić information content (AvgIpc) is 3.36. The summed E-state index contributed by atoms with van der Waals surface area (Å²) in [6.45, 7) is -1.22. The Morgan fingerprint density at radius 3 is 2.61 bits per heavy atom. The van der Waals surface area contributed by atoms with Crippen molar-refractivity contribution in [2.24, 2.45) is 0 Å². The van der Waals surface area contributed by atoms with E-state index in [0.717, 1.165) is 17.6 Å². The third-order valence-electron chi connectivity index (χ3n) is 6.21. The first-order valence-electron chi connectivity index (χ1n) is 9.81. The summed E-state index contributed by atoms with van der Waals surface area (Å²) in [7, 11) is -3.97. The fourth-order valence-corrected chi connectivity index (χ4v) is 6.20. The minimum absolute atomic E-state index is 0.0932. The van der Waals surface area contributed by atoms with Crippen molar-refractivity contribution >= 4 is 15.7 Å². The van der Waals surface area contributed by atoms with Gasteiger partial charge in [0.1, 0.15) is 10.7 Å². The van der Waals surface area contributed by atoms with Crippen molar-refractivity contribution < 1.29 is 21.6 Å². The lowest BCUT2D eigenvalue weighted by molar-refractivity contribution is 0.0541. The first-order chi connectivity index (χ1) is 14.7. The zero-order valence-electron chi connectivity index (χ0n) is 16.6. The van der Waals surface area contributed by atoms with Gasteiger partial charge in [-0.2, -0.15) is 18.2 Å². The molecule has 5 rings (SSSR count). The Morgan fingerprint density at radius 2 is 1.94 bits per heavy atom. The molecule has 2 aliphatic heterocycles. The van der Waals surface area contributed by atoms with Crippen molar-refractivity contribution in [2.75, 3.05) is 18.4 Å². The molecule has 0 bridgehead atoms. The van der Waals surface area contributed by atoms with Gasteiger partial charge in [0.2, 0.25) is 10.0 Å². The van der Waals surface area contributed by atoms with Gasteiger partial charge < -0.3 is 9.88 Å². The van der Waals surface area contributed by atoms with Gasteiger partial charge in [0.15, 0.2) is 0 Å². The molecule has 1 aromatic carbocycles. The molecule has 11 heteroatoms. The molecule has 31 heavy (non-hydrogen) atoms. The van der Waals surface area contributed by atoms with Crippen LogP contribution in [0, 0.1) is 12.7 Å². The van der Waals surface area contributed by atoms with Crippen LogP contribution in [0.1, 0.15) is 30.8 Å². The second-order valence-electron chi connectivity index (χ2n) is 7.85. The summed E-state index contributed by atoms with van der Waals surface area (Å²) in [4.78, 5) is -0.212. The van der Waals surface area contributed by atoms with Crippen LogP contribution in [0.3, 0.4) is 0 Å². The van der Waals surface area contributed by atoms with E-state index in [9.17, 15) is 21.6 Å². The first kappa shape index (κ1) is 20.1. The van der Waals surface area contributed by atoms with Gasteiger partial charge in [-0.05, 0) is 50.1 Å². The Bertz CT molecular complexity index is 1260. The van der Waals surface area contributed by atoms with Gasteiger partial charge in [-0.3, -0.25) is 0 Å². The van der Waals surface area contributed by atoms with Crippen LogP contribution in [0.4, 0.5) is 18.9 Å². The third-order valence-corrected chi connectivity index (χ3v) is 8.21. The highest BCUT2D eigenvalue weighted by Gasteiger charge is 2.44. The fraction of sp³-hybridized carbons (Fsp3) is 0.350. The maximum absolute atomic E-state index is 13.9. The number of sulfonamides is 1. The van der Waals surface area contributed by atoms with Gasteiger partial charge in [0.05, 0.1) is 28.8 Å². The maximum Gasteiger partial charge on any atom is 0.333 e. The Morgan fingerprint density at radius 1 is 1.19 bits per heavy atom. The molecule has 1 fully saturated rings. The summed E-state index contributed by atoms with van der Waals surface area (Å²) in [6.07, 6.45) is 3.76. The van der Waals surface area contributed by atoms with Gasteiger partial charge >= 0.3 is 6.55 Å². The summed E-state index contributed by atoms with van der Waals surface area (Å²) >= 11 is 0. The lowest BCUT2D eigenvalue weighted by atomic mass is 9.83. The summed E-state index contributed by atoms with van der Waals surface area (Å²) in [5.74, 6) is -0.358. The highest BCUT2D eigenvalue weighted by molar-refractivity contribution is 7.89. The zero-order chi connectivity index (χ0) is 22.0. The largest absolute Gasteiger partial charge is 0.372 e. The van der Waals surface area contributed by atoms with E-state index in [1.807, 2.05) is 22.9 Å². The minimum atomic E-state index is -3.97. The van der Waals surface area contributed by atoms with Crippen LogP contribution < -0.4 is 5.32 Å². The number of fused-ring (bicyclic) bond motifs is 4. The van der Waals surface area contributed by atoms with Gasteiger partial charge in [-0.25, -0.2) is 17.5 Å². The molecule has 1 spiro atoms. The molecule has 2 aromatic heterocycles. The second kappa shape index (κ2) is 6.86. The van der Waals surface area contributed by atoms with Crippen LogP contribution in [0.2, 0.25) is 0 Å². The van der Waals surface area contributed by atoms with Crippen LogP contribution >= 0.6 is 0 Å². The van der Waals surface area contributed by atoms with Crippen LogP contribution in [0.5, 0.6) is 0 Å². The number of alkyl halides is 2. The van der Waals surface area contributed by atoms with Gasteiger partial charge in [-0.1, -0.05) is 0 Å². The Labute approximate surface area is 177 Å². The van der Waals surface area contributed by atoms with E-state index in [4.69, 9.17) is 0 Å². The monoisotopic (exact) mass is 451 g/mol. The normalized spacial score (nSPS) is 18.1. The predicted octanol–water partition coefficient (Wildman–Crippen LogP) is 3.62. The summed E-state index contributed by atoms with van der Waals surface area (Å²) in [6, 6.07) is 8.42. The predicted molar refractivity (Wildman–Crippen MR) is 107 cm³/mol. The van der Waals surface area contributed by atoms with Gasteiger partial charge in [0, 0.05) is 25.0 Å². The maximum atomic E-state index is 13.9. The van der Waals surface area contributed by atoms with Crippen LogP contribution in [-0.4, -0.2) is 40.2 Å². The smallest absolute Gasteiger partial charge is 0.333 e. The molecule has 164 valence electrons. The Hall–Kier alpha value is -2.79. The molecule has 0 atom stereocenters. The lowest BCUT2D eigenvalue weighted by Gasteiger charge is -2.45. The number of nitrogens with zero attached hydrogens (tertiary/aromatic N) is 4. The minimum Gasteiger partial charge on any atom is -0.372 e. The molecule has 0 unspecified atom stereocenters. The van der Waals surface area contributed by atoms with Crippen molar-refractivity contribution in [1.29, 1.82) is 0 Å². The van der Waals surface area contributed by atoms with E-state index in [0.29, 0.717) is 23.2 Å². The molecule has 1 saturated heterocycles. The number of halogens is 3. The highest BCUT2D eigenvalue weighted by atomic mass is 32.2. The number of aromatic nitrogens is 3. The molecule has 1 N–H and O–H groups in total. The summed E-state index contributed by atoms with van der Waals surface area (Å²) in [5.41, 5.74) is 1.80. The summed E-state index contributed by atoms with van der Waals surface area (Å²) in [5, 5.41) is 6.97. The molecule has 3 aromatic rings. The van der Waals surface area contributed by atoms with Crippen molar-refractivity contribution in [3.05, 3.63) is 59.9 Å². The molecule has 0 radical (unpaired) electrons. The highest BCUT2D eigenvalue weighted by Crippen LogP contribution is 2.44. The summed E-state index contributed by atoms with van der Waals surface area (Å²) < 4.78 is 69.8. The molecule has 4 heterocycles. The second-order valence-corrected chi connectivity index (χ2v) is 9.76. The Balaban J connectivity index is 1.44. The standard InChI is InChI=1S/C20H20F3N5O2S/c1-13-17(12-24-28(13)19(22)23)31(29,30)26-9-6-20(7-10-26)18-3-2-8-27(18)16-5-4-14(21)11-15(16)25-20/h2-5,8,11-12,19,25H,6-7,9-10H2,1H3. The molecule has 7 nitrogen and oxygen atoms in total. The van der Waals surface area contributed by atoms with E-state index in [1.165, 1.54) is 23.4 Å². The van der Waals surface area contributed by atoms with Gasteiger partial charge in [0.25, 0.3) is 0 Å². The fourth-order valence-electron chi connectivity index (χ4n) is 4.61. The average molecular weight is 451 g/mol. The van der Waals surface area contributed by atoms with Crippen molar-refractivity contribution in [1.82, 2.24) is 18.7 Å². The van der Waals surface area contributed by atoms with E-state index >= 15 is 0 Å². The Kier molecular flexibility index (Phi) is 4.45. The van der Waals surface area contributed by atoms with Crippen LogP contribution in [-0.2, 0) is 15.6 Å². The molecular weight excluding hydrogens is 431 g/mol. The third kappa shape index (κ3) is 2.98. The first-order valence-corrected chi connectivity index (χ1v) is 11.3. The van der Waals surface area contributed by atoms with Crippen molar-refractivity contribution in [3.8, 4) is 5.69 Å². The topological polar surface area (TPSA) is 72.2 Å².